The molecule has 2 fully saturated rings. The fourth-order valence-corrected chi connectivity index (χ4v) is 3.52. The van der Waals surface area contributed by atoms with E-state index in [1.165, 1.54) is 5.56 Å². The summed E-state index contributed by atoms with van der Waals surface area (Å²) >= 11 is 0. The van der Waals surface area contributed by atoms with E-state index in [0.29, 0.717) is 13.2 Å². The normalized spacial score (nSPS) is 23.6. The van der Waals surface area contributed by atoms with Gasteiger partial charge in [0.1, 0.15) is 0 Å². The molecule has 24 heavy (non-hydrogen) atoms. The summed E-state index contributed by atoms with van der Waals surface area (Å²) in [6.07, 6.45) is 0.988. The van der Waals surface area contributed by atoms with E-state index < -0.39 is 0 Å². The summed E-state index contributed by atoms with van der Waals surface area (Å²) in [5.41, 5.74) is 2.17. The van der Waals surface area contributed by atoms with E-state index in [0.717, 1.165) is 31.6 Å². The Hall–Kier alpha value is -0.900. The largest absolute Gasteiger partial charge is 0.392 e. The summed E-state index contributed by atoms with van der Waals surface area (Å²) in [4.78, 5) is 16.4. The molecule has 2 N–H and O–H groups in total. The van der Waals surface area contributed by atoms with Gasteiger partial charge in [0.05, 0.1) is 25.3 Å². The minimum Gasteiger partial charge on any atom is -0.392 e. The number of urea groups is 1. The predicted molar refractivity (Wildman–Crippen MR) is 102 cm³/mol. The summed E-state index contributed by atoms with van der Waals surface area (Å²) in [5.74, 6) is 0. The number of aliphatic hydroxyl groups excluding tert-OH is 1. The number of piperidine rings is 1. The Kier molecular flexibility index (Phi) is 7.27. The summed E-state index contributed by atoms with van der Waals surface area (Å²) in [6, 6.07) is 8.57. The van der Waals surface area contributed by atoms with E-state index in [4.69, 9.17) is 9.84 Å². The lowest BCUT2D eigenvalue weighted by Gasteiger charge is -2.36. The second kappa shape index (κ2) is 8.98. The van der Waals surface area contributed by atoms with E-state index in [-0.39, 0.29) is 48.7 Å². The molecule has 2 amide bonds. The SMILES string of the molecule is COCCN1C(=O)N[C@@H]2CN(Cc3ccc(CO)cc3)CC[C@@H]21.I. The fourth-order valence-electron chi connectivity index (χ4n) is 3.52. The smallest absolute Gasteiger partial charge is 0.318 e. The van der Waals surface area contributed by atoms with E-state index in [1.54, 1.807) is 7.11 Å². The van der Waals surface area contributed by atoms with Crippen LogP contribution in [0, 0.1) is 0 Å². The summed E-state index contributed by atoms with van der Waals surface area (Å²) in [7, 11) is 1.66. The number of rotatable bonds is 6. The van der Waals surface area contributed by atoms with Crippen LogP contribution >= 0.6 is 24.0 Å². The lowest BCUT2D eigenvalue weighted by molar-refractivity contribution is 0.111. The van der Waals surface area contributed by atoms with Gasteiger partial charge in [0.2, 0.25) is 0 Å². The highest BCUT2D eigenvalue weighted by molar-refractivity contribution is 14.0. The van der Waals surface area contributed by atoms with Gasteiger partial charge in [-0.3, -0.25) is 4.90 Å². The van der Waals surface area contributed by atoms with Crippen molar-refractivity contribution in [1.82, 2.24) is 15.1 Å². The van der Waals surface area contributed by atoms with E-state index in [1.807, 2.05) is 17.0 Å². The molecule has 2 saturated heterocycles. The second-order valence-electron chi connectivity index (χ2n) is 6.31. The molecular weight excluding hydrogens is 421 g/mol. The zero-order chi connectivity index (χ0) is 16.2. The minimum atomic E-state index is 0. The number of amides is 2. The number of methoxy groups -OCH3 is 1. The number of carbonyl (C=O) groups excluding carboxylic acids is 1. The van der Waals surface area contributed by atoms with Crippen LogP contribution in [-0.2, 0) is 17.9 Å². The van der Waals surface area contributed by atoms with Gasteiger partial charge in [0, 0.05) is 33.3 Å². The predicted octanol–water partition coefficient (Wildman–Crippen LogP) is 1.41. The number of benzene rings is 1. The molecule has 0 aliphatic carbocycles. The highest BCUT2D eigenvalue weighted by Crippen LogP contribution is 2.23. The van der Waals surface area contributed by atoms with Crippen molar-refractivity contribution in [1.29, 1.82) is 0 Å². The van der Waals surface area contributed by atoms with Crippen molar-refractivity contribution < 1.29 is 14.6 Å². The molecule has 1 aromatic carbocycles. The van der Waals surface area contributed by atoms with Crippen molar-refractivity contribution in [3.05, 3.63) is 35.4 Å². The maximum Gasteiger partial charge on any atom is 0.318 e. The van der Waals surface area contributed by atoms with Crippen LogP contribution in [0.25, 0.3) is 0 Å². The van der Waals surface area contributed by atoms with Crippen LogP contribution in [-0.4, -0.2) is 66.4 Å². The van der Waals surface area contributed by atoms with Gasteiger partial charge in [0.25, 0.3) is 0 Å². The van der Waals surface area contributed by atoms with Gasteiger partial charge in [-0.2, -0.15) is 0 Å². The first-order chi connectivity index (χ1) is 11.2. The van der Waals surface area contributed by atoms with Crippen LogP contribution in [0.3, 0.4) is 0 Å². The topological polar surface area (TPSA) is 65.0 Å². The fraction of sp³-hybridized carbons (Fsp3) is 0.588. The van der Waals surface area contributed by atoms with Crippen LogP contribution in [0.1, 0.15) is 17.5 Å². The number of carbonyl (C=O) groups is 1. The van der Waals surface area contributed by atoms with Crippen LogP contribution in [0.15, 0.2) is 24.3 Å². The van der Waals surface area contributed by atoms with Crippen molar-refractivity contribution in [2.24, 2.45) is 0 Å². The average Bonchev–Trinajstić information content (AvgIpc) is 2.88. The van der Waals surface area contributed by atoms with E-state index in [2.05, 4.69) is 22.3 Å². The number of halogens is 1. The highest BCUT2D eigenvalue weighted by atomic mass is 127. The first-order valence-electron chi connectivity index (χ1n) is 8.18. The Morgan fingerprint density at radius 2 is 2.00 bits per heavy atom. The molecule has 2 heterocycles. The number of fused-ring (bicyclic) bond motifs is 1. The molecule has 6 nitrogen and oxygen atoms in total. The first-order valence-corrected chi connectivity index (χ1v) is 8.18. The number of hydrogen-bond donors (Lipinski definition) is 2. The number of nitrogens with zero attached hydrogens (tertiary/aromatic N) is 2. The third-order valence-corrected chi connectivity index (χ3v) is 4.78. The third kappa shape index (κ3) is 4.38. The molecule has 1 aromatic rings. The zero-order valence-electron chi connectivity index (χ0n) is 14.0. The number of aliphatic hydroxyl groups is 1. The summed E-state index contributed by atoms with van der Waals surface area (Å²) in [5, 5.41) is 12.2. The molecule has 134 valence electrons. The highest BCUT2D eigenvalue weighted by Gasteiger charge is 2.42. The molecule has 0 unspecified atom stereocenters. The Bertz CT molecular complexity index is 540. The quantitative estimate of drug-likeness (QED) is 0.648. The standard InChI is InChI=1S/C17H25N3O3.HI/c1-23-9-8-20-16-6-7-19(11-15(16)18-17(20)22)10-13-2-4-14(12-21)5-3-13;/h2-5,15-16,21H,6-12H2,1H3,(H,18,22);1H/t15-,16+;/m1./s1. The molecule has 2 aliphatic heterocycles. The lowest BCUT2D eigenvalue weighted by Crippen LogP contribution is -2.51. The van der Waals surface area contributed by atoms with Gasteiger partial charge in [0.15, 0.2) is 0 Å². The Morgan fingerprint density at radius 1 is 1.29 bits per heavy atom. The molecule has 0 bridgehead atoms. The molecule has 7 heteroatoms. The van der Waals surface area contributed by atoms with Gasteiger partial charge >= 0.3 is 6.03 Å². The minimum absolute atomic E-state index is 0. The molecule has 2 aliphatic rings. The first kappa shape index (κ1) is 19.4. The second-order valence-corrected chi connectivity index (χ2v) is 6.31. The number of likely N-dealkylation sites (tertiary alicyclic amines) is 1. The summed E-state index contributed by atoms with van der Waals surface area (Å²) < 4.78 is 5.10. The van der Waals surface area contributed by atoms with Crippen LogP contribution < -0.4 is 5.32 Å². The summed E-state index contributed by atoms with van der Waals surface area (Å²) in [6.45, 7) is 4.06. The molecule has 0 radical (unpaired) electrons. The Morgan fingerprint density at radius 3 is 2.67 bits per heavy atom. The van der Waals surface area contributed by atoms with Gasteiger partial charge in [-0.25, -0.2) is 4.79 Å². The van der Waals surface area contributed by atoms with Crippen LogP contribution in [0.2, 0.25) is 0 Å². The average molecular weight is 447 g/mol. The van der Waals surface area contributed by atoms with E-state index in [9.17, 15) is 4.79 Å². The van der Waals surface area contributed by atoms with Crippen LogP contribution in [0.5, 0.6) is 0 Å². The maximum atomic E-state index is 12.1. The van der Waals surface area contributed by atoms with Gasteiger partial charge in [-0.05, 0) is 17.5 Å². The van der Waals surface area contributed by atoms with Gasteiger partial charge in [-0.15, -0.1) is 24.0 Å². The number of hydrogen-bond acceptors (Lipinski definition) is 4. The Balaban J connectivity index is 0.00000208. The Labute approximate surface area is 160 Å². The maximum absolute atomic E-state index is 12.1. The van der Waals surface area contributed by atoms with Crippen molar-refractivity contribution >= 4 is 30.0 Å². The van der Waals surface area contributed by atoms with Crippen molar-refractivity contribution in [2.75, 3.05) is 33.4 Å². The van der Waals surface area contributed by atoms with Crippen LogP contribution in [0.4, 0.5) is 4.79 Å². The molecule has 3 rings (SSSR count). The van der Waals surface area contributed by atoms with Gasteiger partial charge in [-0.1, -0.05) is 24.3 Å². The molecule has 2 atom stereocenters. The van der Waals surface area contributed by atoms with E-state index >= 15 is 0 Å². The molecular formula is C17H26IN3O3. The number of ether oxygens (including phenoxy) is 1. The van der Waals surface area contributed by atoms with Gasteiger partial charge < -0.3 is 20.1 Å². The molecule has 0 aromatic heterocycles. The van der Waals surface area contributed by atoms with Crippen molar-refractivity contribution in [2.45, 2.75) is 31.7 Å². The molecule has 0 spiro atoms. The third-order valence-electron chi connectivity index (χ3n) is 4.78. The van der Waals surface area contributed by atoms with Crippen molar-refractivity contribution in [3.8, 4) is 0 Å². The lowest BCUT2D eigenvalue weighted by atomic mass is 9.99. The zero-order valence-corrected chi connectivity index (χ0v) is 16.3. The molecule has 0 saturated carbocycles. The number of nitrogens with one attached hydrogen (secondary N) is 1. The van der Waals surface area contributed by atoms with Crippen molar-refractivity contribution in [3.63, 3.8) is 0 Å². The monoisotopic (exact) mass is 447 g/mol.